The molecule has 4 rings (SSSR count). The molecule has 0 aromatic carbocycles. The van der Waals surface area contributed by atoms with E-state index in [1.54, 1.807) is 13.8 Å². The zero-order valence-corrected chi connectivity index (χ0v) is 31.6. The van der Waals surface area contributed by atoms with Crippen molar-refractivity contribution in [3.05, 3.63) is 0 Å². The number of ketones is 2. The van der Waals surface area contributed by atoms with Crippen LogP contribution in [0.15, 0.2) is 0 Å². The fourth-order valence-corrected chi connectivity index (χ4v) is 8.33. The van der Waals surface area contributed by atoms with Crippen LogP contribution in [0.3, 0.4) is 0 Å². The van der Waals surface area contributed by atoms with E-state index in [1.165, 1.54) is 0 Å². The van der Waals surface area contributed by atoms with Gasteiger partial charge < -0.3 is 33.2 Å². The number of ether oxygens (including phenoxy) is 7. The second-order valence-electron chi connectivity index (χ2n) is 15.8. The Kier molecular flexibility index (Phi) is 13.2. The Morgan fingerprint density at radius 3 is 1.32 bits per heavy atom. The Hall–Kier alpha value is -0.940. The molecule has 0 aromatic heterocycles. The molecule has 9 heteroatoms. The molecule has 0 saturated carbocycles. The molecule has 0 spiro atoms. The molecule has 20 atom stereocenters. The molecule has 9 nitrogen and oxygen atoms in total. The van der Waals surface area contributed by atoms with Crippen LogP contribution in [0.2, 0.25) is 0 Å². The molecule has 47 heavy (non-hydrogen) atoms. The van der Waals surface area contributed by atoms with Crippen molar-refractivity contribution in [1.82, 2.24) is 0 Å². The SMILES string of the molecule is CCC1O[C@H](O[C@@H]2C(C(C)=O)O[C@@H](O[C@@H]3C(CC)O[C@@H](O[C@@H]4C(C(C)=O)OC(C)C(C)[C@@H]4C)C(C)[C@H]3C)C(C)[C@H]2C)C(C)[C@@H](C)[C@@H]1C. The van der Waals surface area contributed by atoms with Gasteiger partial charge in [-0.25, -0.2) is 0 Å². The molecule has 0 aliphatic carbocycles. The lowest BCUT2D eigenvalue weighted by Crippen LogP contribution is -2.60. The fraction of sp³-hybridized carbons (Fsp3) is 0.947. The van der Waals surface area contributed by atoms with Crippen LogP contribution in [-0.2, 0) is 42.7 Å². The lowest BCUT2D eigenvalue weighted by molar-refractivity contribution is -0.350. The summed E-state index contributed by atoms with van der Waals surface area (Å²) < 4.78 is 46.0. The zero-order chi connectivity index (χ0) is 35.1. The lowest BCUT2D eigenvalue weighted by Gasteiger charge is -2.51. The number of Topliss-reactive ketones (excluding diaryl/α,β-unsaturated/α-hetero) is 2. The van der Waals surface area contributed by atoms with Crippen molar-refractivity contribution >= 4 is 11.6 Å². The molecule has 272 valence electrons. The predicted octanol–water partition coefficient (Wildman–Crippen LogP) is 6.83. The third-order valence-electron chi connectivity index (χ3n) is 13.0. The fourth-order valence-electron chi connectivity index (χ4n) is 8.33. The maximum absolute atomic E-state index is 13.1. The smallest absolute Gasteiger partial charge is 0.162 e. The Morgan fingerprint density at radius 1 is 0.447 bits per heavy atom. The quantitative estimate of drug-likeness (QED) is 0.249. The van der Waals surface area contributed by atoms with Gasteiger partial charge in [0, 0.05) is 17.8 Å². The van der Waals surface area contributed by atoms with Gasteiger partial charge >= 0.3 is 0 Å². The molecule has 0 bridgehead atoms. The number of rotatable bonds is 10. The summed E-state index contributed by atoms with van der Waals surface area (Å²) >= 11 is 0. The lowest BCUT2D eigenvalue weighted by atomic mass is 9.78. The Morgan fingerprint density at radius 2 is 0.830 bits per heavy atom. The summed E-state index contributed by atoms with van der Waals surface area (Å²) in [6.45, 7) is 28.9. The Labute approximate surface area is 284 Å². The van der Waals surface area contributed by atoms with Gasteiger partial charge in [0.05, 0.1) is 36.6 Å². The predicted molar refractivity (Wildman–Crippen MR) is 179 cm³/mol. The molecule has 4 saturated heterocycles. The van der Waals surface area contributed by atoms with Crippen molar-refractivity contribution < 1.29 is 42.7 Å². The number of carbonyl (C=O) groups is 2. The minimum atomic E-state index is -0.759. The summed E-state index contributed by atoms with van der Waals surface area (Å²) in [6, 6.07) is 0. The maximum atomic E-state index is 13.1. The molecule has 4 heterocycles. The third-order valence-corrected chi connectivity index (χ3v) is 13.0. The summed E-state index contributed by atoms with van der Waals surface area (Å²) in [5.41, 5.74) is 0. The van der Waals surface area contributed by atoms with E-state index >= 15 is 0 Å². The van der Waals surface area contributed by atoms with Gasteiger partial charge in [0.2, 0.25) is 0 Å². The van der Waals surface area contributed by atoms with Gasteiger partial charge in [0.1, 0.15) is 12.2 Å². The monoisotopic (exact) mass is 666 g/mol. The highest BCUT2D eigenvalue weighted by atomic mass is 16.7. The Bertz CT molecular complexity index is 1050. The highest BCUT2D eigenvalue weighted by Gasteiger charge is 2.52. The zero-order valence-electron chi connectivity index (χ0n) is 31.6. The average Bonchev–Trinajstić information content (AvgIpc) is 3.03. The number of hydrogen-bond acceptors (Lipinski definition) is 9. The van der Waals surface area contributed by atoms with E-state index < -0.39 is 43.3 Å². The van der Waals surface area contributed by atoms with E-state index in [0.717, 1.165) is 6.42 Å². The van der Waals surface area contributed by atoms with Crippen molar-refractivity contribution in [3.8, 4) is 0 Å². The van der Waals surface area contributed by atoms with Gasteiger partial charge in [0.25, 0.3) is 0 Å². The molecule has 0 N–H and O–H groups in total. The minimum Gasteiger partial charge on any atom is -0.364 e. The first-order valence-corrected chi connectivity index (χ1v) is 18.6. The highest BCUT2D eigenvalue weighted by Crippen LogP contribution is 2.44. The second kappa shape index (κ2) is 15.9. The summed E-state index contributed by atoms with van der Waals surface area (Å²) in [6.07, 6.45) is -2.48. The highest BCUT2D eigenvalue weighted by molar-refractivity contribution is 5.81. The molecular formula is C38H66O9. The molecule has 9 unspecified atom stereocenters. The molecule has 4 aliphatic rings. The average molecular weight is 667 g/mol. The maximum Gasteiger partial charge on any atom is 0.162 e. The number of hydrogen-bond donors (Lipinski definition) is 0. The van der Waals surface area contributed by atoms with Gasteiger partial charge in [-0.3, -0.25) is 9.59 Å². The van der Waals surface area contributed by atoms with Crippen molar-refractivity contribution in [2.75, 3.05) is 0 Å². The van der Waals surface area contributed by atoms with Gasteiger partial charge in [0.15, 0.2) is 30.4 Å². The van der Waals surface area contributed by atoms with Crippen molar-refractivity contribution in [2.24, 2.45) is 53.3 Å². The molecule has 4 fully saturated rings. The van der Waals surface area contributed by atoms with Gasteiger partial charge in [-0.1, -0.05) is 76.2 Å². The van der Waals surface area contributed by atoms with Crippen LogP contribution < -0.4 is 0 Å². The Balaban J connectivity index is 1.47. The third kappa shape index (κ3) is 7.87. The van der Waals surface area contributed by atoms with E-state index in [-0.39, 0.29) is 77.4 Å². The van der Waals surface area contributed by atoms with Crippen LogP contribution in [0.5, 0.6) is 0 Å². The van der Waals surface area contributed by atoms with E-state index in [0.29, 0.717) is 18.3 Å². The normalized spacial score (nSPS) is 51.0. The van der Waals surface area contributed by atoms with Crippen molar-refractivity contribution in [2.45, 2.75) is 177 Å². The molecule has 0 aromatic rings. The van der Waals surface area contributed by atoms with Crippen LogP contribution in [0.25, 0.3) is 0 Å². The van der Waals surface area contributed by atoms with Crippen LogP contribution in [0.4, 0.5) is 0 Å². The van der Waals surface area contributed by atoms with Crippen LogP contribution in [-0.4, -0.2) is 79.3 Å². The largest absolute Gasteiger partial charge is 0.364 e. The molecular weight excluding hydrogens is 600 g/mol. The van der Waals surface area contributed by atoms with Crippen LogP contribution >= 0.6 is 0 Å². The molecule has 0 amide bonds. The van der Waals surface area contributed by atoms with E-state index in [2.05, 4.69) is 76.2 Å². The number of carbonyl (C=O) groups excluding carboxylic acids is 2. The summed E-state index contributed by atoms with van der Waals surface area (Å²) in [4.78, 5) is 25.7. The first kappa shape index (κ1) is 38.9. The van der Waals surface area contributed by atoms with Crippen molar-refractivity contribution in [3.63, 3.8) is 0 Å². The van der Waals surface area contributed by atoms with Gasteiger partial charge in [-0.05, 0) is 69.1 Å². The summed E-state index contributed by atoms with van der Waals surface area (Å²) in [5.74, 6) is 1.34. The van der Waals surface area contributed by atoms with Crippen LogP contribution in [0.1, 0.15) is 110 Å². The van der Waals surface area contributed by atoms with Crippen LogP contribution in [0, 0.1) is 53.3 Å². The first-order chi connectivity index (χ1) is 22.0. The minimum absolute atomic E-state index is 0.0118. The van der Waals surface area contributed by atoms with E-state index in [4.69, 9.17) is 33.2 Å². The molecule has 4 aliphatic heterocycles. The molecule has 0 radical (unpaired) electrons. The second-order valence-corrected chi connectivity index (χ2v) is 15.8. The van der Waals surface area contributed by atoms with E-state index in [9.17, 15) is 9.59 Å². The van der Waals surface area contributed by atoms with Gasteiger partial charge in [-0.15, -0.1) is 0 Å². The van der Waals surface area contributed by atoms with E-state index in [1.807, 2.05) is 6.92 Å². The first-order valence-electron chi connectivity index (χ1n) is 18.6. The summed E-state index contributed by atoms with van der Waals surface area (Å²) in [5, 5.41) is 0. The standard InChI is InChI=1S/C38H66O9/c1-15-29-19(5)17(3)23(9)36(42-29)46-33-22(8)25(11)38(47-35(33)27(13)40)44-31-21(7)24(10)37(43-30(31)16-2)45-32-20(6)18(4)28(14)41-34(32)26(12)39/h17-25,28-38H,15-16H2,1-14H3/t17-,18?,19-,20-,21+,22+,23?,24?,25?,28?,29?,30?,31-,32-,33-,34?,35?,36+,37-,38+/m0/s1. The van der Waals surface area contributed by atoms with Crippen molar-refractivity contribution in [1.29, 1.82) is 0 Å². The summed E-state index contributed by atoms with van der Waals surface area (Å²) in [7, 11) is 0. The topological polar surface area (TPSA) is 98.8 Å². The van der Waals surface area contributed by atoms with Gasteiger partial charge in [-0.2, -0.15) is 0 Å².